The summed E-state index contributed by atoms with van der Waals surface area (Å²) in [6, 6.07) is 8.62. The molecule has 3 nitrogen and oxygen atoms in total. The number of allylic oxidation sites excluding steroid dienone is 3. The Morgan fingerprint density at radius 3 is 2.75 bits per heavy atom. The molecule has 0 radical (unpaired) electrons. The summed E-state index contributed by atoms with van der Waals surface area (Å²) >= 11 is 0. The van der Waals surface area contributed by atoms with E-state index < -0.39 is 0 Å². The first-order valence-corrected chi connectivity index (χ1v) is 10.3. The van der Waals surface area contributed by atoms with Gasteiger partial charge >= 0.3 is 0 Å². The van der Waals surface area contributed by atoms with Crippen molar-refractivity contribution in [3.8, 4) is 5.75 Å². The Kier molecular flexibility index (Phi) is 9.26. The first kappa shape index (κ1) is 22.2. The van der Waals surface area contributed by atoms with E-state index >= 15 is 0 Å². The molecule has 0 unspecified atom stereocenters. The van der Waals surface area contributed by atoms with Crippen LogP contribution in [0.15, 0.2) is 73.4 Å². The molecule has 1 fully saturated rings. The van der Waals surface area contributed by atoms with E-state index in [-0.39, 0.29) is 6.04 Å². The van der Waals surface area contributed by atoms with Gasteiger partial charge < -0.3 is 9.94 Å². The predicted molar refractivity (Wildman–Crippen MR) is 118 cm³/mol. The van der Waals surface area contributed by atoms with E-state index in [0.717, 1.165) is 31.4 Å². The van der Waals surface area contributed by atoms with Crippen molar-refractivity contribution in [1.29, 1.82) is 0 Å². The summed E-state index contributed by atoms with van der Waals surface area (Å²) in [5.41, 5.74) is 2.56. The lowest BCUT2D eigenvalue weighted by atomic mass is 9.78. The first-order valence-electron chi connectivity index (χ1n) is 10.3. The van der Waals surface area contributed by atoms with Crippen molar-refractivity contribution < 1.29 is 9.94 Å². The van der Waals surface area contributed by atoms with Crippen LogP contribution in [0, 0.1) is 5.92 Å². The highest BCUT2D eigenvalue weighted by atomic mass is 16.5. The zero-order valence-corrected chi connectivity index (χ0v) is 17.4. The molecule has 0 spiro atoms. The number of nitrogens with zero attached hydrogens (tertiary/aromatic N) is 1. The second-order valence-corrected chi connectivity index (χ2v) is 7.65. The van der Waals surface area contributed by atoms with E-state index in [1.54, 1.807) is 6.08 Å². The van der Waals surface area contributed by atoms with Crippen molar-refractivity contribution in [2.75, 3.05) is 13.2 Å². The third kappa shape index (κ3) is 6.50. The quantitative estimate of drug-likeness (QED) is 0.587. The number of benzene rings is 1. The van der Waals surface area contributed by atoms with E-state index in [1.165, 1.54) is 16.2 Å². The minimum absolute atomic E-state index is 0.154. The number of rotatable bonds is 6. The lowest BCUT2D eigenvalue weighted by Gasteiger charge is -2.39. The Labute approximate surface area is 170 Å². The maximum Gasteiger partial charge on any atom is 0.120 e. The average Bonchev–Trinajstić information content (AvgIpc) is 2.70. The van der Waals surface area contributed by atoms with Gasteiger partial charge in [-0.05, 0) is 67.7 Å². The molecule has 1 aromatic rings. The smallest absolute Gasteiger partial charge is 0.120 e. The standard InChI is InChI=1S/C22H29NO2.C3H6/c1-3-8-20-14-22(17(2)15-23(20)24)19-11-7-12-21(13-19)25-16-18-9-5-4-6-10-18;1-3-2/h3,5,7,9-13,17,20,22,24H,1,4,6,8,14-16H2,2H3;3H,1H2,2H3/t17-,20-,22+;/m0./s1. The van der Waals surface area contributed by atoms with Crippen molar-refractivity contribution in [2.45, 2.75) is 51.5 Å². The molecule has 0 aromatic heterocycles. The van der Waals surface area contributed by atoms with E-state index in [9.17, 15) is 5.21 Å². The first-order chi connectivity index (χ1) is 13.6. The van der Waals surface area contributed by atoms with Gasteiger partial charge in [-0.15, -0.1) is 13.2 Å². The van der Waals surface area contributed by atoms with E-state index in [2.05, 4.69) is 56.5 Å². The van der Waals surface area contributed by atoms with Crippen molar-refractivity contribution in [3.05, 3.63) is 78.9 Å². The number of ether oxygens (including phenoxy) is 1. The van der Waals surface area contributed by atoms with Gasteiger partial charge in [0.1, 0.15) is 12.4 Å². The van der Waals surface area contributed by atoms with Gasteiger partial charge in [-0.2, -0.15) is 5.06 Å². The predicted octanol–water partition coefficient (Wildman–Crippen LogP) is 6.29. The summed E-state index contributed by atoms with van der Waals surface area (Å²) in [5, 5.41) is 11.7. The van der Waals surface area contributed by atoms with Crippen LogP contribution in [-0.2, 0) is 0 Å². The minimum atomic E-state index is 0.154. The Bertz CT molecular complexity index is 692. The molecule has 0 amide bonds. The molecule has 0 bridgehead atoms. The molecule has 3 rings (SSSR count). The zero-order chi connectivity index (χ0) is 20.4. The number of hydrogen-bond donors (Lipinski definition) is 1. The third-order valence-corrected chi connectivity index (χ3v) is 5.31. The number of hydrogen-bond acceptors (Lipinski definition) is 3. The molecular formula is C25H35NO2. The molecule has 1 aliphatic carbocycles. The SMILES string of the molecule is C=CC.C=CC[C@H]1C[C@@H](c2cccc(OCC3=CCCC=C3)c2)[C@@H](C)CN1O. The van der Waals surface area contributed by atoms with Crippen LogP contribution in [0.5, 0.6) is 5.75 Å². The normalized spacial score (nSPS) is 24.5. The van der Waals surface area contributed by atoms with Crippen LogP contribution in [0.1, 0.15) is 51.0 Å². The van der Waals surface area contributed by atoms with Crippen LogP contribution in [-0.4, -0.2) is 29.5 Å². The van der Waals surface area contributed by atoms with E-state index in [1.807, 2.05) is 19.1 Å². The van der Waals surface area contributed by atoms with Crippen molar-refractivity contribution in [1.82, 2.24) is 5.06 Å². The molecule has 2 aliphatic rings. The number of hydroxylamine groups is 2. The molecule has 1 saturated heterocycles. The average molecular weight is 382 g/mol. The maximum atomic E-state index is 10.2. The molecule has 3 heteroatoms. The second kappa shape index (κ2) is 11.7. The molecule has 0 saturated carbocycles. The Hall–Kier alpha value is -2.10. The largest absolute Gasteiger partial charge is 0.489 e. The molecule has 1 aliphatic heterocycles. The monoisotopic (exact) mass is 381 g/mol. The van der Waals surface area contributed by atoms with Crippen molar-refractivity contribution in [3.63, 3.8) is 0 Å². The third-order valence-electron chi connectivity index (χ3n) is 5.31. The highest BCUT2D eigenvalue weighted by Crippen LogP contribution is 2.37. The van der Waals surface area contributed by atoms with Crippen LogP contribution < -0.4 is 4.74 Å². The Morgan fingerprint density at radius 2 is 2.07 bits per heavy atom. The Morgan fingerprint density at radius 1 is 1.29 bits per heavy atom. The van der Waals surface area contributed by atoms with Gasteiger partial charge in [-0.1, -0.05) is 49.4 Å². The van der Waals surface area contributed by atoms with Gasteiger partial charge in [0.2, 0.25) is 0 Å². The summed E-state index contributed by atoms with van der Waals surface area (Å²) in [5.74, 6) is 1.77. The molecule has 152 valence electrons. The second-order valence-electron chi connectivity index (χ2n) is 7.65. The fourth-order valence-electron chi connectivity index (χ4n) is 3.87. The molecule has 28 heavy (non-hydrogen) atoms. The van der Waals surface area contributed by atoms with Gasteiger partial charge in [0.15, 0.2) is 0 Å². The van der Waals surface area contributed by atoms with Crippen LogP contribution in [0.3, 0.4) is 0 Å². The fraction of sp³-hybridized carbons (Fsp3) is 0.440. The molecule has 3 atom stereocenters. The van der Waals surface area contributed by atoms with Gasteiger partial charge in [0, 0.05) is 12.6 Å². The zero-order valence-electron chi connectivity index (χ0n) is 17.4. The molecule has 1 heterocycles. The minimum Gasteiger partial charge on any atom is -0.489 e. The summed E-state index contributed by atoms with van der Waals surface area (Å²) in [6.45, 7) is 12.6. The summed E-state index contributed by atoms with van der Waals surface area (Å²) < 4.78 is 6.01. The van der Waals surface area contributed by atoms with Crippen molar-refractivity contribution >= 4 is 0 Å². The maximum absolute atomic E-state index is 10.2. The van der Waals surface area contributed by atoms with Crippen LogP contribution in [0.4, 0.5) is 0 Å². The lowest BCUT2D eigenvalue weighted by Crippen LogP contribution is -2.43. The van der Waals surface area contributed by atoms with Crippen molar-refractivity contribution in [2.24, 2.45) is 5.92 Å². The van der Waals surface area contributed by atoms with E-state index in [4.69, 9.17) is 4.74 Å². The van der Waals surface area contributed by atoms with Gasteiger partial charge in [-0.3, -0.25) is 0 Å². The summed E-state index contributed by atoms with van der Waals surface area (Å²) in [7, 11) is 0. The molecular weight excluding hydrogens is 346 g/mol. The fourth-order valence-corrected chi connectivity index (χ4v) is 3.87. The van der Waals surface area contributed by atoms with Gasteiger partial charge in [0.05, 0.1) is 0 Å². The number of piperidine rings is 1. The van der Waals surface area contributed by atoms with Crippen LogP contribution in [0.2, 0.25) is 0 Å². The Balaban J connectivity index is 0.000000878. The van der Waals surface area contributed by atoms with Gasteiger partial charge in [0.25, 0.3) is 0 Å². The topological polar surface area (TPSA) is 32.7 Å². The van der Waals surface area contributed by atoms with E-state index in [0.29, 0.717) is 25.0 Å². The lowest BCUT2D eigenvalue weighted by molar-refractivity contribution is -0.156. The highest BCUT2D eigenvalue weighted by Gasteiger charge is 2.33. The van der Waals surface area contributed by atoms with Crippen LogP contribution >= 0.6 is 0 Å². The summed E-state index contributed by atoms with van der Waals surface area (Å²) in [4.78, 5) is 0. The van der Waals surface area contributed by atoms with Crippen LogP contribution in [0.25, 0.3) is 0 Å². The highest BCUT2D eigenvalue weighted by molar-refractivity contribution is 5.33. The molecule has 1 aromatic carbocycles. The molecule has 1 N–H and O–H groups in total. The van der Waals surface area contributed by atoms with Gasteiger partial charge in [-0.25, -0.2) is 0 Å². The summed E-state index contributed by atoms with van der Waals surface area (Å²) in [6.07, 6.45) is 14.3.